The predicted octanol–water partition coefficient (Wildman–Crippen LogP) is 3.06. The second kappa shape index (κ2) is 10.7. The molecule has 2 N–H and O–H groups in total. The van der Waals surface area contributed by atoms with Gasteiger partial charge in [0.15, 0.2) is 5.96 Å². The van der Waals surface area contributed by atoms with E-state index < -0.39 is 10.0 Å². The number of benzene rings is 1. The van der Waals surface area contributed by atoms with Crippen LogP contribution in [0.1, 0.15) is 45.1 Å². The van der Waals surface area contributed by atoms with Crippen LogP contribution in [0.4, 0.5) is 0 Å². The molecule has 0 aromatic heterocycles. The van der Waals surface area contributed by atoms with Gasteiger partial charge in [-0.3, -0.25) is 0 Å². The van der Waals surface area contributed by atoms with Crippen molar-refractivity contribution in [3.05, 3.63) is 29.8 Å². The molecule has 2 saturated heterocycles. The summed E-state index contributed by atoms with van der Waals surface area (Å²) in [5.74, 6) is 2.50. The molecule has 1 aromatic carbocycles. The van der Waals surface area contributed by atoms with Crippen LogP contribution in [0.5, 0.6) is 0 Å². The molecule has 162 valence electrons. The van der Waals surface area contributed by atoms with E-state index in [0.717, 1.165) is 37.5 Å². The van der Waals surface area contributed by atoms with E-state index in [1.807, 2.05) is 23.9 Å². The molecule has 0 saturated carbocycles. The molecule has 2 aliphatic heterocycles. The number of piperidine rings is 1. The van der Waals surface area contributed by atoms with E-state index in [1.165, 1.54) is 18.6 Å². The van der Waals surface area contributed by atoms with Crippen LogP contribution in [0, 0.1) is 5.92 Å². The minimum absolute atomic E-state index is 0.377. The van der Waals surface area contributed by atoms with Crippen LogP contribution in [0.25, 0.3) is 0 Å². The fraction of sp³-hybridized carbons (Fsp3) is 0.667. The maximum atomic E-state index is 12.9. The topological polar surface area (TPSA) is 73.8 Å². The average Bonchev–Trinajstić information content (AvgIpc) is 3.24. The van der Waals surface area contributed by atoms with E-state index in [4.69, 9.17) is 0 Å². The van der Waals surface area contributed by atoms with Crippen molar-refractivity contribution < 1.29 is 8.42 Å². The normalized spacial score (nSPS) is 23.9. The van der Waals surface area contributed by atoms with Gasteiger partial charge in [0.05, 0.1) is 11.4 Å². The Balaban J connectivity index is 1.60. The van der Waals surface area contributed by atoms with Gasteiger partial charge >= 0.3 is 0 Å². The van der Waals surface area contributed by atoms with Crippen LogP contribution in [-0.2, 0) is 16.6 Å². The molecule has 2 atom stereocenters. The van der Waals surface area contributed by atoms with Gasteiger partial charge in [-0.15, -0.1) is 0 Å². The molecule has 1 aromatic rings. The van der Waals surface area contributed by atoms with Gasteiger partial charge in [-0.25, -0.2) is 13.4 Å². The van der Waals surface area contributed by atoms with Gasteiger partial charge in [-0.1, -0.05) is 19.1 Å². The van der Waals surface area contributed by atoms with Crippen molar-refractivity contribution in [1.82, 2.24) is 14.9 Å². The summed E-state index contributed by atoms with van der Waals surface area (Å²) in [6.45, 7) is 7.68. The number of hydrogen-bond acceptors (Lipinski definition) is 4. The van der Waals surface area contributed by atoms with Crippen LogP contribution < -0.4 is 10.6 Å². The Morgan fingerprint density at radius 1 is 1.21 bits per heavy atom. The predicted molar refractivity (Wildman–Crippen MR) is 122 cm³/mol. The molecule has 29 heavy (non-hydrogen) atoms. The maximum Gasteiger partial charge on any atom is 0.243 e. The molecule has 2 unspecified atom stereocenters. The summed E-state index contributed by atoms with van der Waals surface area (Å²) in [7, 11) is -3.40. The minimum Gasteiger partial charge on any atom is -0.357 e. The standard InChI is InChI=1S/C21H34N4O2S2/c1-3-22-21(24-15-19-7-5-13-28-19)23-14-18-8-10-20(11-9-18)29(26,27)25-12-4-6-17(2)16-25/h8-11,17,19H,3-7,12-16H2,1-2H3,(H2,22,23,24). The van der Waals surface area contributed by atoms with Gasteiger partial charge in [-0.05, 0) is 62.0 Å². The molecular weight excluding hydrogens is 404 g/mol. The van der Waals surface area contributed by atoms with Crippen molar-refractivity contribution in [3.8, 4) is 0 Å². The van der Waals surface area contributed by atoms with Crippen LogP contribution in [0.15, 0.2) is 34.2 Å². The number of rotatable bonds is 7. The molecule has 2 heterocycles. The Morgan fingerprint density at radius 2 is 2.00 bits per heavy atom. The molecule has 8 heteroatoms. The Hall–Kier alpha value is -1.25. The molecule has 2 aliphatic rings. The average molecular weight is 439 g/mol. The molecule has 3 rings (SSSR count). The lowest BCUT2D eigenvalue weighted by molar-refractivity contribution is 0.281. The van der Waals surface area contributed by atoms with E-state index in [1.54, 1.807) is 16.4 Å². The first kappa shape index (κ1) is 22.4. The molecule has 0 spiro atoms. The zero-order valence-electron chi connectivity index (χ0n) is 17.6. The van der Waals surface area contributed by atoms with E-state index in [2.05, 4.69) is 29.5 Å². The van der Waals surface area contributed by atoms with Crippen molar-refractivity contribution in [2.24, 2.45) is 10.9 Å². The lowest BCUT2D eigenvalue weighted by Gasteiger charge is -2.30. The molecule has 0 amide bonds. The monoisotopic (exact) mass is 438 g/mol. The second-order valence-electron chi connectivity index (χ2n) is 7.97. The van der Waals surface area contributed by atoms with Crippen LogP contribution >= 0.6 is 11.8 Å². The van der Waals surface area contributed by atoms with E-state index in [-0.39, 0.29) is 0 Å². The number of sulfonamides is 1. The largest absolute Gasteiger partial charge is 0.357 e. The first-order valence-electron chi connectivity index (χ1n) is 10.7. The number of nitrogens with zero attached hydrogens (tertiary/aromatic N) is 2. The highest BCUT2D eigenvalue weighted by Gasteiger charge is 2.28. The molecule has 0 aliphatic carbocycles. The van der Waals surface area contributed by atoms with Gasteiger partial charge in [0.2, 0.25) is 10.0 Å². The van der Waals surface area contributed by atoms with Gasteiger partial charge in [0.25, 0.3) is 0 Å². The Labute approximate surface area is 180 Å². The third-order valence-electron chi connectivity index (χ3n) is 5.47. The highest BCUT2D eigenvalue weighted by molar-refractivity contribution is 8.00. The number of aliphatic imine (C=N–C) groups is 1. The van der Waals surface area contributed by atoms with Crippen molar-refractivity contribution in [2.75, 3.05) is 31.9 Å². The summed E-state index contributed by atoms with van der Waals surface area (Å²) in [5.41, 5.74) is 1.00. The van der Waals surface area contributed by atoms with Gasteiger partial charge in [-0.2, -0.15) is 16.1 Å². The third-order valence-corrected chi connectivity index (χ3v) is 8.74. The summed E-state index contributed by atoms with van der Waals surface area (Å²) in [6, 6.07) is 7.18. The number of thioether (sulfide) groups is 1. The minimum atomic E-state index is -3.40. The fourth-order valence-corrected chi connectivity index (χ4v) is 6.61. The highest BCUT2D eigenvalue weighted by atomic mass is 32.2. The van der Waals surface area contributed by atoms with E-state index >= 15 is 0 Å². The number of hydrogen-bond donors (Lipinski definition) is 2. The first-order valence-corrected chi connectivity index (χ1v) is 13.2. The SMILES string of the molecule is CCNC(=NCc1ccc(S(=O)(=O)N2CCCC(C)C2)cc1)NCC1CCCS1. The second-order valence-corrected chi connectivity index (χ2v) is 11.3. The van der Waals surface area contributed by atoms with Crippen LogP contribution in [0.3, 0.4) is 0 Å². The summed E-state index contributed by atoms with van der Waals surface area (Å²) in [6.07, 6.45) is 4.61. The lowest BCUT2D eigenvalue weighted by Crippen LogP contribution is -2.40. The summed E-state index contributed by atoms with van der Waals surface area (Å²) in [5, 5.41) is 7.39. The zero-order valence-corrected chi connectivity index (χ0v) is 19.2. The van der Waals surface area contributed by atoms with Crippen molar-refractivity contribution in [3.63, 3.8) is 0 Å². The fourth-order valence-electron chi connectivity index (χ4n) is 3.81. The smallest absolute Gasteiger partial charge is 0.243 e. The first-order chi connectivity index (χ1) is 14.0. The molecule has 6 nitrogen and oxygen atoms in total. The van der Waals surface area contributed by atoms with E-state index in [9.17, 15) is 8.42 Å². The Kier molecular flexibility index (Phi) is 8.26. The Morgan fingerprint density at radius 3 is 2.66 bits per heavy atom. The van der Waals surface area contributed by atoms with E-state index in [0.29, 0.717) is 35.7 Å². The number of nitrogens with one attached hydrogen (secondary N) is 2. The lowest BCUT2D eigenvalue weighted by atomic mass is 10.0. The molecule has 0 bridgehead atoms. The van der Waals surface area contributed by atoms with Gasteiger partial charge < -0.3 is 10.6 Å². The van der Waals surface area contributed by atoms with Gasteiger partial charge in [0, 0.05) is 31.4 Å². The maximum absolute atomic E-state index is 12.9. The molecule has 2 fully saturated rings. The summed E-state index contributed by atoms with van der Waals surface area (Å²) < 4.78 is 27.4. The Bertz CT molecular complexity index is 774. The zero-order chi connectivity index (χ0) is 20.7. The summed E-state index contributed by atoms with van der Waals surface area (Å²) >= 11 is 2.03. The van der Waals surface area contributed by atoms with Crippen molar-refractivity contribution in [1.29, 1.82) is 0 Å². The van der Waals surface area contributed by atoms with Crippen LogP contribution in [0.2, 0.25) is 0 Å². The van der Waals surface area contributed by atoms with Crippen molar-refractivity contribution in [2.45, 2.75) is 56.2 Å². The highest BCUT2D eigenvalue weighted by Crippen LogP contribution is 2.25. The molecular formula is C21H34N4O2S2. The number of guanidine groups is 1. The third kappa shape index (κ3) is 6.36. The van der Waals surface area contributed by atoms with Crippen molar-refractivity contribution >= 4 is 27.7 Å². The quantitative estimate of drug-likeness (QED) is 0.506. The van der Waals surface area contributed by atoms with Crippen LogP contribution in [-0.4, -0.2) is 55.9 Å². The summed E-state index contributed by atoms with van der Waals surface area (Å²) in [4.78, 5) is 5.04. The molecule has 0 radical (unpaired) electrons. The van der Waals surface area contributed by atoms with Gasteiger partial charge in [0.1, 0.15) is 0 Å².